The van der Waals surface area contributed by atoms with Gasteiger partial charge in [0.05, 0.1) is 18.8 Å². The number of carbonyl (C=O) groups is 1. The highest BCUT2D eigenvalue weighted by molar-refractivity contribution is 5.76. The molecule has 0 aromatic rings. The zero-order chi connectivity index (χ0) is 28.7. The van der Waals surface area contributed by atoms with E-state index in [-0.39, 0.29) is 12.5 Å². The third kappa shape index (κ3) is 27.7. The molecule has 0 aromatic carbocycles. The number of hydrogen-bond acceptors (Lipinski definition) is 3. The maximum Gasteiger partial charge on any atom is 0.220 e. The minimum Gasteiger partial charge on any atom is -0.394 e. The second-order valence-electron chi connectivity index (χ2n) is 10.9. The Morgan fingerprint density at radius 3 is 1.69 bits per heavy atom. The molecule has 39 heavy (non-hydrogen) atoms. The van der Waals surface area contributed by atoms with Crippen LogP contribution in [-0.2, 0) is 4.79 Å². The maximum atomic E-state index is 12.2. The summed E-state index contributed by atoms with van der Waals surface area (Å²) in [4.78, 5) is 12.2. The number of nitrogens with one attached hydrogen (secondary N) is 1. The van der Waals surface area contributed by atoms with Crippen LogP contribution in [-0.4, -0.2) is 34.9 Å². The second-order valence-corrected chi connectivity index (χ2v) is 10.9. The van der Waals surface area contributed by atoms with Crippen LogP contribution in [0.15, 0.2) is 48.6 Å². The van der Waals surface area contributed by atoms with Gasteiger partial charge in [-0.3, -0.25) is 4.79 Å². The van der Waals surface area contributed by atoms with Crippen molar-refractivity contribution in [1.29, 1.82) is 0 Å². The van der Waals surface area contributed by atoms with E-state index >= 15 is 0 Å². The minimum atomic E-state index is -0.864. The van der Waals surface area contributed by atoms with Crippen LogP contribution < -0.4 is 5.32 Å². The fraction of sp³-hybridized carbons (Fsp3) is 0.743. The van der Waals surface area contributed by atoms with Gasteiger partial charge in [-0.15, -0.1) is 0 Å². The van der Waals surface area contributed by atoms with Gasteiger partial charge in [-0.1, -0.05) is 133 Å². The van der Waals surface area contributed by atoms with Crippen molar-refractivity contribution in [3.05, 3.63) is 48.6 Å². The highest BCUT2D eigenvalue weighted by Crippen LogP contribution is 2.10. The summed E-state index contributed by atoms with van der Waals surface area (Å²) in [7, 11) is 0. The summed E-state index contributed by atoms with van der Waals surface area (Å²) in [5.74, 6) is -0.0907. The summed E-state index contributed by atoms with van der Waals surface area (Å²) < 4.78 is 0. The van der Waals surface area contributed by atoms with E-state index in [1.165, 1.54) is 83.5 Å². The van der Waals surface area contributed by atoms with Crippen LogP contribution in [0.5, 0.6) is 0 Å². The van der Waals surface area contributed by atoms with E-state index < -0.39 is 12.1 Å². The molecule has 1 amide bonds. The molecule has 3 N–H and O–H groups in total. The molecule has 2 unspecified atom stereocenters. The summed E-state index contributed by atoms with van der Waals surface area (Å²) in [6.07, 6.45) is 40.4. The minimum absolute atomic E-state index is 0.0907. The van der Waals surface area contributed by atoms with E-state index in [0.717, 1.165) is 44.9 Å². The fourth-order valence-corrected chi connectivity index (χ4v) is 4.48. The summed E-state index contributed by atoms with van der Waals surface area (Å²) >= 11 is 0. The highest BCUT2D eigenvalue weighted by Gasteiger charge is 2.17. The Labute approximate surface area is 242 Å². The zero-order valence-electron chi connectivity index (χ0n) is 25.6. The van der Waals surface area contributed by atoms with Gasteiger partial charge in [-0.05, 0) is 57.8 Å². The lowest BCUT2D eigenvalue weighted by molar-refractivity contribution is -0.123. The van der Waals surface area contributed by atoms with Gasteiger partial charge in [0.15, 0.2) is 0 Å². The van der Waals surface area contributed by atoms with Crippen molar-refractivity contribution in [2.45, 2.75) is 161 Å². The number of aliphatic hydroxyl groups is 2. The molecule has 0 rings (SSSR count). The Morgan fingerprint density at radius 2 is 1.08 bits per heavy atom. The molecule has 0 aliphatic heterocycles. The lowest BCUT2D eigenvalue weighted by Gasteiger charge is -2.19. The number of unbranched alkanes of at least 4 members (excludes halogenated alkanes) is 16. The van der Waals surface area contributed by atoms with Crippen LogP contribution in [0.4, 0.5) is 0 Å². The SMILES string of the molecule is CCCCC/C=C\C=C/CCCCCCCCC(=O)NC(CO)C(O)/C=C/CC/C=C/CCCCCCCC. The summed E-state index contributed by atoms with van der Waals surface area (Å²) in [5.41, 5.74) is 0. The first-order chi connectivity index (χ1) is 19.2. The molecule has 0 aliphatic carbocycles. The van der Waals surface area contributed by atoms with Crippen LogP contribution in [0.1, 0.15) is 149 Å². The average molecular weight is 546 g/mol. The zero-order valence-corrected chi connectivity index (χ0v) is 25.6. The Balaban J connectivity index is 3.75. The molecule has 2 atom stereocenters. The second kappa shape index (κ2) is 30.9. The number of carbonyl (C=O) groups excluding carboxylic acids is 1. The predicted octanol–water partition coefficient (Wildman–Crippen LogP) is 9.28. The summed E-state index contributed by atoms with van der Waals surface area (Å²) in [6.45, 7) is 4.22. The smallest absolute Gasteiger partial charge is 0.220 e. The number of rotatable bonds is 28. The lowest BCUT2D eigenvalue weighted by atomic mass is 10.1. The molecule has 0 saturated heterocycles. The van der Waals surface area contributed by atoms with Crippen LogP contribution in [0, 0.1) is 0 Å². The number of aliphatic hydroxyl groups excluding tert-OH is 2. The van der Waals surface area contributed by atoms with Crippen molar-refractivity contribution >= 4 is 5.91 Å². The van der Waals surface area contributed by atoms with E-state index in [9.17, 15) is 15.0 Å². The molecular weight excluding hydrogens is 482 g/mol. The van der Waals surface area contributed by atoms with Crippen molar-refractivity contribution < 1.29 is 15.0 Å². The third-order valence-electron chi connectivity index (χ3n) is 7.06. The summed E-state index contributed by atoms with van der Waals surface area (Å²) in [6, 6.07) is -0.642. The molecular formula is C35H63NO3. The first kappa shape index (κ1) is 37.4. The highest BCUT2D eigenvalue weighted by atomic mass is 16.3. The first-order valence-corrected chi connectivity index (χ1v) is 16.4. The van der Waals surface area contributed by atoms with E-state index in [4.69, 9.17) is 0 Å². The molecule has 0 radical (unpaired) electrons. The molecule has 226 valence electrons. The van der Waals surface area contributed by atoms with Gasteiger partial charge in [0.25, 0.3) is 0 Å². The van der Waals surface area contributed by atoms with Gasteiger partial charge >= 0.3 is 0 Å². The van der Waals surface area contributed by atoms with Crippen molar-refractivity contribution in [2.24, 2.45) is 0 Å². The number of allylic oxidation sites excluding steroid dienone is 7. The topological polar surface area (TPSA) is 69.6 Å². The Bertz CT molecular complexity index is 638. The van der Waals surface area contributed by atoms with Crippen LogP contribution in [0.3, 0.4) is 0 Å². The molecule has 0 aromatic heterocycles. The normalized spacial score (nSPS) is 13.8. The van der Waals surface area contributed by atoms with E-state index in [2.05, 4.69) is 55.6 Å². The average Bonchev–Trinajstić information content (AvgIpc) is 2.94. The van der Waals surface area contributed by atoms with Gasteiger partial charge in [-0.25, -0.2) is 0 Å². The van der Waals surface area contributed by atoms with E-state index in [1.807, 2.05) is 6.08 Å². The van der Waals surface area contributed by atoms with Gasteiger partial charge in [0.2, 0.25) is 5.91 Å². The quantitative estimate of drug-likeness (QED) is 0.0521. The molecule has 0 saturated carbocycles. The summed E-state index contributed by atoms with van der Waals surface area (Å²) in [5, 5.41) is 22.7. The van der Waals surface area contributed by atoms with Crippen LogP contribution >= 0.6 is 0 Å². The van der Waals surface area contributed by atoms with Crippen molar-refractivity contribution in [3.63, 3.8) is 0 Å². The maximum absolute atomic E-state index is 12.2. The Hall–Kier alpha value is -1.65. The van der Waals surface area contributed by atoms with Crippen molar-refractivity contribution in [3.8, 4) is 0 Å². The predicted molar refractivity (Wildman–Crippen MR) is 170 cm³/mol. The van der Waals surface area contributed by atoms with Crippen molar-refractivity contribution in [1.82, 2.24) is 5.32 Å². The van der Waals surface area contributed by atoms with Gasteiger partial charge in [-0.2, -0.15) is 0 Å². The third-order valence-corrected chi connectivity index (χ3v) is 7.06. The molecule has 0 aliphatic rings. The van der Waals surface area contributed by atoms with E-state index in [1.54, 1.807) is 6.08 Å². The Morgan fingerprint density at radius 1 is 0.615 bits per heavy atom. The van der Waals surface area contributed by atoms with Gasteiger partial charge < -0.3 is 15.5 Å². The van der Waals surface area contributed by atoms with E-state index in [0.29, 0.717) is 6.42 Å². The molecule has 4 nitrogen and oxygen atoms in total. The van der Waals surface area contributed by atoms with Gasteiger partial charge in [0, 0.05) is 6.42 Å². The largest absolute Gasteiger partial charge is 0.394 e. The molecule has 0 bridgehead atoms. The standard InChI is InChI=1S/C35H63NO3/c1-3-5-7-9-11-13-15-17-18-19-21-23-25-27-29-31-35(39)36-33(32-37)34(38)30-28-26-24-22-20-16-14-12-10-8-6-4-2/h11,13,15,17,20,22,28,30,33-34,37-38H,3-10,12,14,16,18-19,21,23-27,29,31-32H2,1-2H3,(H,36,39)/b13-11-,17-15-,22-20+,30-28+. The number of amides is 1. The fourth-order valence-electron chi connectivity index (χ4n) is 4.48. The number of hydrogen-bond donors (Lipinski definition) is 3. The van der Waals surface area contributed by atoms with Crippen LogP contribution in [0.2, 0.25) is 0 Å². The van der Waals surface area contributed by atoms with Crippen LogP contribution in [0.25, 0.3) is 0 Å². The lowest BCUT2D eigenvalue weighted by Crippen LogP contribution is -2.45. The molecule has 0 fully saturated rings. The molecule has 0 spiro atoms. The molecule has 0 heterocycles. The van der Waals surface area contributed by atoms with Crippen molar-refractivity contribution in [2.75, 3.05) is 6.61 Å². The van der Waals surface area contributed by atoms with Gasteiger partial charge in [0.1, 0.15) is 0 Å². The Kier molecular flexibility index (Phi) is 29.6. The monoisotopic (exact) mass is 545 g/mol. The molecule has 4 heteroatoms. The first-order valence-electron chi connectivity index (χ1n) is 16.4.